The average Bonchev–Trinajstić information content (AvgIpc) is 3.01. The molecule has 0 unspecified atom stereocenters. The molecule has 1 aromatic carbocycles. The van der Waals surface area contributed by atoms with Crippen LogP contribution in [0.1, 0.15) is 28.5 Å². The van der Waals surface area contributed by atoms with Crippen LogP contribution in [0.5, 0.6) is 0 Å². The van der Waals surface area contributed by atoms with Crippen molar-refractivity contribution in [2.24, 2.45) is 7.05 Å². The molecule has 0 saturated carbocycles. The Bertz CT molecular complexity index is 716. The van der Waals surface area contributed by atoms with Crippen LogP contribution in [0.25, 0.3) is 0 Å². The molecular formula is C16H16ClFN2O2. The van der Waals surface area contributed by atoms with Crippen LogP contribution < -0.4 is 0 Å². The highest BCUT2D eigenvalue weighted by atomic mass is 35.5. The van der Waals surface area contributed by atoms with Crippen LogP contribution in [-0.4, -0.2) is 33.1 Å². The van der Waals surface area contributed by atoms with Crippen molar-refractivity contribution in [2.45, 2.75) is 18.6 Å². The van der Waals surface area contributed by atoms with Crippen molar-refractivity contribution in [3.05, 3.63) is 58.6 Å². The van der Waals surface area contributed by atoms with Crippen molar-refractivity contribution >= 4 is 17.5 Å². The van der Waals surface area contributed by atoms with Gasteiger partial charge < -0.3 is 14.6 Å². The summed E-state index contributed by atoms with van der Waals surface area (Å²) in [4.78, 5) is 14.3. The molecule has 22 heavy (non-hydrogen) atoms. The Hall–Kier alpha value is -1.85. The van der Waals surface area contributed by atoms with E-state index in [0.29, 0.717) is 22.7 Å². The Morgan fingerprint density at radius 1 is 1.41 bits per heavy atom. The van der Waals surface area contributed by atoms with Gasteiger partial charge in [0.25, 0.3) is 5.91 Å². The standard InChI is InChI=1S/C16H16ClFN2O2/c1-19-8-11(17)6-15(19)16(22)20-9-13(21)7-14(20)10-3-2-4-12(18)5-10/h2-6,8,13-14,21H,7,9H2,1H3/t13-,14+/m0/s1. The fraction of sp³-hybridized carbons (Fsp3) is 0.312. The molecule has 6 heteroatoms. The summed E-state index contributed by atoms with van der Waals surface area (Å²) in [6, 6.07) is 7.39. The monoisotopic (exact) mass is 322 g/mol. The van der Waals surface area contributed by atoms with Gasteiger partial charge in [0.2, 0.25) is 0 Å². The van der Waals surface area contributed by atoms with Gasteiger partial charge in [-0.25, -0.2) is 4.39 Å². The Morgan fingerprint density at radius 2 is 2.18 bits per heavy atom. The van der Waals surface area contributed by atoms with Crippen LogP contribution in [-0.2, 0) is 7.05 Å². The van der Waals surface area contributed by atoms with Gasteiger partial charge in [0.1, 0.15) is 11.5 Å². The normalized spacial score (nSPS) is 21.4. The van der Waals surface area contributed by atoms with Gasteiger partial charge in [-0.2, -0.15) is 0 Å². The Morgan fingerprint density at radius 3 is 2.82 bits per heavy atom. The molecule has 0 spiro atoms. The van der Waals surface area contributed by atoms with Crippen molar-refractivity contribution in [1.82, 2.24) is 9.47 Å². The Balaban J connectivity index is 1.94. The molecule has 1 aromatic heterocycles. The van der Waals surface area contributed by atoms with E-state index >= 15 is 0 Å². The van der Waals surface area contributed by atoms with Crippen molar-refractivity contribution in [3.63, 3.8) is 0 Å². The Labute approximate surface area is 132 Å². The molecule has 1 aliphatic heterocycles. The van der Waals surface area contributed by atoms with E-state index in [4.69, 9.17) is 11.6 Å². The second kappa shape index (κ2) is 5.74. The first-order valence-electron chi connectivity index (χ1n) is 7.02. The summed E-state index contributed by atoms with van der Waals surface area (Å²) in [5.74, 6) is -0.576. The summed E-state index contributed by atoms with van der Waals surface area (Å²) in [5, 5.41) is 10.4. The number of β-amino-alcohol motifs (C(OH)–C–C–N with tert-alkyl or cyclic N) is 1. The third-order valence-corrected chi connectivity index (χ3v) is 4.17. The second-order valence-corrected chi connectivity index (χ2v) is 6.01. The van der Waals surface area contributed by atoms with Crippen molar-refractivity contribution in [2.75, 3.05) is 6.54 Å². The number of hydrogen-bond donors (Lipinski definition) is 1. The lowest BCUT2D eigenvalue weighted by Gasteiger charge is -2.25. The molecule has 0 aliphatic carbocycles. The van der Waals surface area contributed by atoms with Crippen LogP contribution in [0.15, 0.2) is 36.5 Å². The predicted octanol–water partition coefficient (Wildman–Crippen LogP) is 2.77. The molecule has 1 aliphatic rings. The third kappa shape index (κ3) is 2.74. The van der Waals surface area contributed by atoms with E-state index in [0.717, 1.165) is 0 Å². The van der Waals surface area contributed by atoms with E-state index in [9.17, 15) is 14.3 Å². The summed E-state index contributed by atoms with van der Waals surface area (Å²) in [6.07, 6.45) is 1.43. The minimum absolute atomic E-state index is 0.222. The third-order valence-electron chi connectivity index (χ3n) is 3.96. The zero-order chi connectivity index (χ0) is 15.9. The summed E-state index contributed by atoms with van der Waals surface area (Å²) in [5.41, 5.74) is 1.13. The molecule has 3 rings (SSSR count). The van der Waals surface area contributed by atoms with Gasteiger partial charge in [-0.3, -0.25) is 4.79 Å². The molecule has 116 valence electrons. The van der Waals surface area contributed by atoms with Gasteiger partial charge in [0.15, 0.2) is 0 Å². The van der Waals surface area contributed by atoms with Gasteiger partial charge in [0, 0.05) is 19.8 Å². The number of likely N-dealkylation sites (tertiary alicyclic amines) is 1. The van der Waals surface area contributed by atoms with E-state index in [2.05, 4.69) is 0 Å². The van der Waals surface area contributed by atoms with E-state index in [-0.39, 0.29) is 24.3 Å². The molecule has 2 heterocycles. The molecule has 1 fully saturated rings. The van der Waals surface area contributed by atoms with Crippen LogP contribution in [0, 0.1) is 5.82 Å². The second-order valence-electron chi connectivity index (χ2n) is 5.57. The topological polar surface area (TPSA) is 45.5 Å². The van der Waals surface area contributed by atoms with Crippen LogP contribution >= 0.6 is 11.6 Å². The molecular weight excluding hydrogens is 307 g/mol. The van der Waals surface area contributed by atoms with Gasteiger partial charge >= 0.3 is 0 Å². The molecule has 2 atom stereocenters. The lowest BCUT2D eigenvalue weighted by molar-refractivity contribution is 0.0706. The first-order chi connectivity index (χ1) is 10.5. The van der Waals surface area contributed by atoms with Gasteiger partial charge in [-0.05, 0) is 30.2 Å². The maximum absolute atomic E-state index is 13.4. The molecule has 1 saturated heterocycles. The molecule has 0 bridgehead atoms. The number of aryl methyl sites for hydroxylation is 1. The fourth-order valence-corrected chi connectivity index (χ4v) is 3.20. The Kier molecular flexibility index (Phi) is 3.93. The van der Waals surface area contributed by atoms with Crippen LogP contribution in [0.2, 0.25) is 5.02 Å². The summed E-state index contributed by atoms with van der Waals surface area (Å²) < 4.78 is 15.1. The van der Waals surface area contributed by atoms with Crippen LogP contribution in [0.3, 0.4) is 0 Å². The number of rotatable bonds is 2. The van der Waals surface area contributed by atoms with E-state index in [1.807, 2.05) is 0 Å². The maximum Gasteiger partial charge on any atom is 0.271 e. The van der Waals surface area contributed by atoms with Gasteiger partial charge in [0.05, 0.1) is 17.2 Å². The summed E-state index contributed by atoms with van der Waals surface area (Å²) >= 11 is 5.93. The summed E-state index contributed by atoms with van der Waals surface area (Å²) in [6.45, 7) is 0.225. The molecule has 2 aromatic rings. The largest absolute Gasteiger partial charge is 0.391 e. The summed E-state index contributed by atoms with van der Waals surface area (Å²) in [7, 11) is 1.74. The number of benzene rings is 1. The number of hydrogen-bond acceptors (Lipinski definition) is 2. The SMILES string of the molecule is Cn1cc(Cl)cc1C(=O)N1C[C@@H](O)C[C@@H]1c1cccc(F)c1. The predicted molar refractivity (Wildman–Crippen MR) is 81.2 cm³/mol. The average molecular weight is 323 g/mol. The highest BCUT2D eigenvalue weighted by molar-refractivity contribution is 6.31. The number of amides is 1. The number of aromatic nitrogens is 1. The first kappa shape index (κ1) is 15.1. The number of aliphatic hydroxyl groups is 1. The lowest BCUT2D eigenvalue weighted by Crippen LogP contribution is -2.33. The number of carbonyl (C=O) groups is 1. The zero-order valence-corrected chi connectivity index (χ0v) is 12.8. The van der Waals surface area contributed by atoms with E-state index in [1.165, 1.54) is 12.1 Å². The molecule has 1 N–H and O–H groups in total. The maximum atomic E-state index is 13.4. The molecule has 0 radical (unpaired) electrons. The minimum Gasteiger partial charge on any atom is -0.391 e. The smallest absolute Gasteiger partial charge is 0.271 e. The van der Waals surface area contributed by atoms with Crippen molar-refractivity contribution < 1.29 is 14.3 Å². The quantitative estimate of drug-likeness (QED) is 0.924. The van der Waals surface area contributed by atoms with E-state index < -0.39 is 6.10 Å². The fourth-order valence-electron chi connectivity index (χ4n) is 2.95. The van der Waals surface area contributed by atoms with Gasteiger partial charge in [-0.1, -0.05) is 23.7 Å². The number of aliphatic hydroxyl groups excluding tert-OH is 1. The lowest BCUT2D eigenvalue weighted by atomic mass is 10.0. The first-order valence-corrected chi connectivity index (χ1v) is 7.40. The highest BCUT2D eigenvalue weighted by Gasteiger charge is 2.36. The molecule has 4 nitrogen and oxygen atoms in total. The molecule has 1 amide bonds. The van der Waals surface area contributed by atoms with Crippen LogP contribution in [0.4, 0.5) is 4.39 Å². The highest BCUT2D eigenvalue weighted by Crippen LogP contribution is 2.34. The minimum atomic E-state index is -0.618. The van der Waals surface area contributed by atoms with Crippen molar-refractivity contribution in [1.29, 1.82) is 0 Å². The number of halogens is 2. The number of carbonyl (C=O) groups excluding carboxylic acids is 1. The zero-order valence-electron chi connectivity index (χ0n) is 12.0. The van der Waals surface area contributed by atoms with Gasteiger partial charge in [-0.15, -0.1) is 0 Å². The number of nitrogens with zero attached hydrogens (tertiary/aromatic N) is 2. The van der Waals surface area contributed by atoms with E-state index in [1.54, 1.807) is 40.9 Å². The van der Waals surface area contributed by atoms with Crippen molar-refractivity contribution in [3.8, 4) is 0 Å².